The maximum Gasteiger partial charge on any atom is 0.0223 e. The van der Waals surface area contributed by atoms with E-state index in [-0.39, 0.29) is 0 Å². The van der Waals surface area contributed by atoms with Crippen molar-refractivity contribution in [2.45, 2.75) is 90.6 Å². The molecule has 21 heavy (non-hydrogen) atoms. The maximum atomic E-state index is 3.90. The van der Waals surface area contributed by atoms with Gasteiger partial charge in [0.05, 0.1) is 0 Å². The zero-order valence-electron chi connectivity index (χ0n) is 14.7. The molecule has 2 aliphatic carbocycles. The lowest BCUT2D eigenvalue weighted by molar-refractivity contribution is 0.141. The first-order valence-corrected chi connectivity index (χ1v) is 9.68. The fourth-order valence-electron chi connectivity index (χ4n) is 4.43. The van der Waals surface area contributed by atoms with E-state index in [2.05, 4.69) is 31.0 Å². The number of hydrogen-bond acceptors (Lipinski definition) is 2. The number of rotatable bonds is 9. The van der Waals surface area contributed by atoms with E-state index in [0.29, 0.717) is 0 Å². The molecule has 0 amide bonds. The Labute approximate surface area is 133 Å². The van der Waals surface area contributed by atoms with Gasteiger partial charge in [0.2, 0.25) is 0 Å². The minimum atomic E-state index is 0.742. The zero-order chi connectivity index (χ0) is 15.1. The summed E-state index contributed by atoms with van der Waals surface area (Å²) in [5.41, 5.74) is 0. The van der Waals surface area contributed by atoms with E-state index >= 15 is 0 Å². The summed E-state index contributed by atoms with van der Waals surface area (Å²) >= 11 is 0. The van der Waals surface area contributed by atoms with Crippen molar-refractivity contribution in [2.75, 3.05) is 19.6 Å². The van der Waals surface area contributed by atoms with Crippen LogP contribution >= 0.6 is 0 Å². The minimum Gasteiger partial charge on any atom is -0.312 e. The van der Waals surface area contributed by atoms with Crippen molar-refractivity contribution in [3.8, 4) is 0 Å². The predicted molar refractivity (Wildman–Crippen MR) is 92.7 cm³/mol. The Kier molecular flexibility index (Phi) is 7.53. The second kappa shape index (κ2) is 9.15. The molecule has 2 fully saturated rings. The summed E-state index contributed by atoms with van der Waals surface area (Å²) in [6, 6.07) is 1.62. The highest BCUT2D eigenvalue weighted by Crippen LogP contribution is 2.30. The van der Waals surface area contributed by atoms with Crippen molar-refractivity contribution < 1.29 is 0 Å². The Balaban J connectivity index is 1.94. The maximum absolute atomic E-state index is 3.90. The molecule has 124 valence electrons. The molecular weight excluding hydrogens is 256 g/mol. The highest BCUT2D eigenvalue weighted by atomic mass is 15.2. The van der Waals surface area contributed by atoms with Gasteiger partial charge < -0.3 is 5.32 Å². The van der Waals surface area contributed by atoms with Crippen molar-refractivity contribution in [1.82, 2.24) is 10.2 Å². The van der Waals surface area contributed by atoms with Crippen LogP contribution < -0.4 is 5.32 Å². The standard InChI is InChI=1S/C19H38N2/c1-4-13-20-19(17-9-5-6-10-17)15-21(14-16(2)3)18-11-7-8-12-18/h16-20H,4-15H2,1-3H3. The van der Waals surface area contributed by atoms with Crippen molar-refractivity contribution in [2.24, 2.45) is 11.8 Å². The molecule has 0 aromatic heterocycles. The van der Waals surface area contributed by atoms with Gasteiger partial charge >= 0.3 is 0 Å². The Bertz CT molecular complexity index is 265. The second-order valence-corrected chi connectivity index (χ2v) is 7.89. The highest BCUT2D eigenvalue weighted by Gasteiger charge is 2.30. The fraction of sp³-hybridized carbons (Fsp3) is 1.00. The van der Waals surface area contributed by atoms with E-state index in [1.807, 2.05) is 0 Å². The Morgan fingerprint density at radius 3 is 2.14 bits per heavy atom. The molecule has 0 aliphatic heterocycles. The molecule has 2 rings (SSSR count). The topological polar surface area (TPSA) is 15.3 Å². The average Bonchev–Trinajstić information content (AvgIpc) is 3.13. The first-order valence-electron chi connectivity index (χ1n) is 9.68. The number of nitrogens with zero attached hydrogens (tertiary/aromatic N) is 1. The monoisotopic (exact) mass is 294 g/mol. The van der Waals surface area contributed by atoms with Crippen LogP contribution in [0.25, 0.3) is 0 Å². The molecular formula is C19H38N2. The fourth-order valence-corrected chi connectivity index (χ4v) is 4.43. The van der Waals surface area contributed by atoms with Gasteiger partial charge in [-0.05, 0) is 50.5 Å². The van der Waals surface area contributed by atoms with Crippen LogP contribution in [0.3, 0.4) is 0 Å². The van der Waals surface area contributed by atoms with E-state index < -0.39 is 0 Å². The third-order valence-electron chi connectivity index (χ3n) is 5.50. The average molecular weight is 295 g/mol. The molecule has 0 bridgehead atoms. The summed E-state index contributed by atoms with van der Waals surface area (Å²) < 4.78 is 0. The molecule has 2 heteroatoms. The largest absolute Gasteiger partial charge is 0.312 e. The van der Waals surface area contributed by atoms with Gasteiger partial charge in [0.15, 0.2) is 0 Å². The summed E-state index contributed by atoms with van der Waals surface area (Å²) in [4.78, 5) is 2.85. The number of hydrogen-bond donors (Lipinski definition) is 1. The van der Waals surface area contributed by atoms with Crippen LogP contribution in [0.1, 0.15) is 78.6 Å². The van der Waals surface area contributed by atoms with Gasteiger partial charge in [-0.25, -0.2) is 0 Å². The third kappa shape index (κ3) is 5.56. The van der Waals surface area contributed by atoms with Gasteiger partial charge in [-0.3, -0.25) is 4.90 Å². The molecule has 1 unspecified atom stereocenters. The Hall–Kier alpha value is -0.0800. The third-order valence-corrected chi connectivity index (χ3v) is 5.50. The van der Waals surface area contributed by atoms with Gasteiger partial charge in [-0.15, -0.1) is 0 Å². The lowest BCUT2D eigenvalue weighted by Gasteiger charge is -2.36. The summed E-state index contributed by atoms with van der Waals surface area (Å²) in [5.74, 6) is 1.73. The summed E-state index contributed by atoms with van der Waals surface area (Å²) in [6.07, 6.45) is 12.9. The van der Waals surface area contributed by atoms with Crippen LogP contribution in [-0.2, 0) is 0 Å². The molecule has 0 aromatic rings. The first-order chi connectivity index (χ1) is 10.2. The lowest BCUT2D eigenvalue weighted by Crippen LogP contribution is -2.49. The van der Waals surface area contributed by atoms with Crippen LogP contribution in [0.15, 0.2) is 0 Å². The molecule has 2 aliphatic rings. The number of nitrogens with one attached hydrogen (secondary N) is 1. The molecule has 1 atom stereocenters. The van der Waals surface area contributed by atoms with Crippen LogP contribution in [0.5, 0.6) is 0 Å². The molecule has 0 radical (unpaired) electrons. The molecule has 1 N–H and O–H groups in total. The van der Waals surface area contributed by atoms with Crippen molar-refractivity contribution in [3.05, 3.63) is 0 Å². The first kappa shape index (κ1) is 17.3. The quantitative estimate of drug-likeness (QED) is 0.676. The van der Waals surface area contributed by atoms with Crippen LogP contribution in [0, 0.1) is 11.8 Å². The Morgan fingerprint density at radius 1 is 0.952 bits per heavy atom. The van der Waals surface area contributed by atoms with E-state index in [1.54, 1.807) is 0 Å². The van der Waals surface area contributed by atoms with Gasteiger partial charge in [-0.1, -0.05) is 46.5 Å². The summed E-state index contributed by atoms with van der Waals surface area (Å²) in [7, 11) is 0. The molecule has 0 spiro atoms. The van der Waals surface area contributed by atoms with Crippen molar-refractivity contribution in [3.63, 3.8) is 0 Å². The van der Waals surface area contributed by atoms with Crippen molar-refractivity contribution >= 4 is 0 Å². The van der Waals surface area contributed by atoms with Crippen LogP contribution in [-0.4, -0.2) is 36.6 Å². The summed E-state index contributed by atoms with van der Waals surface area (Å²) in [5, 5.41) is 3.90. The molecule has 0 saturated heterocycles. The van der Waals surface area contributed by atoms with Crippen molar-refractivity contribution in [1.29, 1.82) is 0 Å². The second-order valence-electron chi connectivity index (χ2n) is 7.89. The van der Waals surface area contributed by atoms with Gasteiger partial charge in [0, 0.05) is 25.2 Å². The van der Waals surface area contributed by atoms with E-state index in [0.717, 1.165) is 23.9 Å². The van der Waals surface area contributed by atoms with E-state index in [4.69, 9.17) is 0 Å². The minimum absolute atomic E-state index is 0.742. The Morgan fingerprint density at radius 2 is 1.57 bits per heavy atom. The van der Waals surface area contributed by atoms with Gasteiger partial charge in [0.1, 0.15) is 0 Å². The lowest BCUT2D eigenvalue weighted by atomic mass is 9.96. The molecule has 0 aromatic carbocycles. The zero-order valence-corrected chi connectivity index (χ0v) is 14.7. The normalized spacial score (nSPS) is 22.7. The van der Waals surface area contributed by atoms with Crippen LogP contribution in [0.4, 0.5) is 0 Å². The molecule has 2 saturated carbocycles. The summed E-state index contributed by atoms with van der Waals surface area (Å²) in [6.45, 7) is 10.8. The van der Waals surface area contributed by atoms with Gasteiger partial charge in [0.25, 0.3) is 0 Å². The highest BCUT2D eigenvalue weighted by molar-refractivity contribution is 4.87. The van der Waals surface area contributed by atoms with Crippen LogP contribution in [0.2, 0.25) is 0 Å². The molecule has 0 heterocycles. The SMILES string of the molecule is CCCNC(CN(CC(C)C)C1CCCC1)C1CCCC1. The molecule has 2 nitrogen and oxygen atoms in total. The van der Waals surface area contributed by atoms with Gasteiger partial charge in [-0.2, -0.15) is 0 Å². The van der Waals surface area contributed by atoms with E-state index in [9.17, 15) is 0 Å². The predicted octanol–water partition coefficient (Wildman–Crippen LogP) is 4.45. The van der Waals surface area contributed by atoms with E-state index in [1.165, 1.54) is 77.4 Å². The smallest absolute Gasteiger partial charge is 0.0223 e.